The van der Waals surface area contributed by atoms with Gasteiger partial charge in [-0.15, -0.1) is 11.3 Å². The molecule has 1 aliphatic rings. The first-order chi connectivity index (χ1) is 9.01. The summed E-state index contributed by atoms with van der Waals surface area (Å²) in [5.41, 5.74) is 2.30. The van der Waals surface area contributed by atoms with Gasteiger partial charge in [-0.1, -0.05) is 0 Å². The highest BCUT2D eigenvalue weighted by Gasteiger charge is 2.37. The van der Waals surface area contributed by atoms with Gasteiger partial charge in [-0.05, 0) is 13.8 Å². The first kappa shape index (κ1) is 14.4. The highest BCUT2D eigenvalue weighted by atomic mass is 32.1. The molecule has 6 heteroatoms. The van der Waals surface area contributed by atoms with Crippen molar-refractivity contribution < 1.29 is 4.79 Å². The van der Waals surface area contributed by atoms with Crippen LogP contribution in [-0.2, 0) is 11.3 Å². The van der Waals surface area contributed by atoms with Crippen LogP contribution in [0.5, 0.6) is 0 Å². The van der Waals surface area contributed by atoms with Crippen LogP contribution in [0, 0.1) is 0 Å². The summed E-state index contributed by atoms with van der Waals surface area (Å²) in [4.78, 5) is 20.9. The van der Waals surface area contributed by atoms with E-state index in [1.807, 2.05) is 26.3 Å². The third-order valence-electron chi connectivity index (χ3n) is 3.66. The molecule has 0 atom stereocenters. The predicted octanol–water partition coefficient (Wildman–Crippen LogP) is 0.785. The molecule has 0 unspecified atom stereocenters. The smallest absolute Gasteiger partial charge is 0.242 e. The van der Waals surface area contributed by atoms with Gasteiger partial charge in [0.1, 0.15) is 0 Å². The summed E-state index contributed by atoms with van der Waals surface area (Å²) >= 11 is 1.56. The van der Waals surface area contributed by atoms with E-state index in [9.17, 15) is 4.79 Å². The number of nitrogens with one attached hydrogen (secondary N) is 1. The van der Waals surface area contributed by atoms with Crippen LogP contribution in [0.3, 0.4) is 0 Å². The van der Waals surface area contributed by atoms with Crippen LogP contribution < -0.4 is 5.32 Å². The molecule has 106 valence electrons. The normalized spacial score (nSPS) is 17.4. The first-order valence-corrected chi connectivity index (χ1v) is 7.54. The lowest BCUT2D eigenvalue weighted by atomic mass is 9.99. The number of piperazine rings is 1. The van der Waals surface area contributed by atoms with Gasteiger partial charge in [0.25, 0.3) is 0 Å². The number of hydrogen-bond donors (Lipinski definition) is 1. The van der Waals surface area contributed by atoms with Crippen LogP contribution in [0.25, 0.3) is 0 Å². The maximum Gasteiger partial charge on any atom is 0.242 e. The van der Waals surface area contributed by atoms with E-state index in [1.54, 1.807) is 21.7 Å². The number of aromatic nitrogens is 1. The maximum absolute atomic E-state index is 12.6. The Kier molecular flexibility index (Phi) is 4.54. The fourth-order valence-electron chi connectivity index (χ4n) is 2.46. The molecule has 2 rings (SSSR count). The Morgan fingerprint density at radius 1 is 1.53 bits per heavy atom. The Labute approximate surface area is 118 Å². The molecule has 0 aliphatic carbocycles. The Balaban J connectivity index is 2.00. The summed E-state index contributed by atoms with van der Waals surface area (Å²) in [6.45, 7) is 8.35. The number of carbonyl (C=O) groups excluding carboxylic acids is 1. The van der Waals surface area contributed by atoms with Gasteiger partial charge in [0.2, 0.25) is 5.91 Å². The number of amides is 1. The second kappa shape index (κ2) is 5.98. The monoisotopic (exact) mass is 282 g/mol. The summed E-state index contributed by atoms with van der Waals surface area (Å²) in [6, 6.07) is 0. The van der Waals surface area contributed by atoms with E-state index >= 15 is 0 Å². The molecule has 1 aromatic heterocycles. The van der Waals surface area contributed by atoms with Crippen LogP contribution >= 0.6 is 11.3 Å². The van der Waals surface area contributed by atoms with E-state index in [4.69, 9.17) is 0 Å². The van der Waals surface area contributed by atoms with Gasteiger partial charge in [0.05, 0.1) is 23.3 Å². The lowest BCUT2D eigenvalue weighted by molar-refractivity contribution is -0.142. The van der Waals surface area contributed by atoms with Crippen molar-refractivity contribution in [1.29, 1.82) is 0 Å². The maximum atomic E-state index is 12.6. The van der Waals surface area contributed by atoms with Crippen LogP contribution in [0.1, 0.15) is 19.5 Å². The third-order valence-corrected chi connectivity index (χ3v) is 4.30. The molecule has 2 heterocycles. The minimum Gasteiger partial charge on any atom is -0.338 e. The van der Waals surface area contributed by atoms with E-state index in [0.717, 1.165) is 31.9 Å². The van der Waals surface area contributed by atoms with Crippen molar-refractivity contribution in [2.45, 2.75) is 25.9 Å². The highest BCUT2D eigenvalue weighted by molar-refractivity contribution is 7.07. The number of hydrogen-bond acceptors (Lipinski definition) is 5. The van der Waals surface area contributed by atoms with Gasteiger partial charge in [-0.3, -0.25) is 9.69 Å². The van der Waals surface area contributed by atoms with Crippen LogP contribution in [-0.4, -0.2) is 59.5 Å². The molecule has 1 aliphatic heterocycles. The fourth-order valence-corrected chi connectivity index (χ4v) is 3.01. The molecule has 0 spiro atoms. The zero-order valence-corrected chi connectivity index (χ0v) is 12.7. The molecular weight excluding hydrogens is 260 g/mol. The van der Waals surface area contributed by atoms with E-state index < -0.39 is 5.54 Å². The van der Waals surface area contributed by atoms with Crippen molar-refractivity contribution in [1.82, 2.24) is 20.1 Å². The van der Waals surface area contributed by atoms with Gasteiger partial charge in [0.15, 0.2) is 0 Å². The van der Waals surface area contributed by atoms with E-state index in [2.05, 4.69) is 15.2 Å². The summed E-state index contributed by atoms with van der Waals surface area (Å²) in [6.07, 6.45) is 0. The van der Waals surface area contributed by atoms with Gasteiger partial charge >= 0.3 is 0 Å². The van der Waals surface area contributed by atoms with Gasteiger partial charge in [-0.2, -0.15) is 0 Å². The van der Waals surface area contributed by atoms with Crippen molar-refractivity contribution in [3.8, 4) is 0 Å². The zero-order valence-electron chi connectivity index (χ0n) is 11.8. The van der Waals surface area contributed by atoms with Crippen LogP contribution in [0.4, 0.5) is 0 Å². The molecule has 0 saturated carbocycles. The molecule has 1 N–H and O–H groups in total. The molecule has 0 aromatic carbocycles. The lowest BCUT2D eigenvalue weighted by Gasteiger charge is -2.41. The SMILES string of the molecule is CN(Cc1cscn1)C(=O)C(C)(C)N1CCNCC1. The zero-order chi connectivity index (χ0) is 13.9. The Morgan fingerprint density at radius 2 is 2.21 bits per heavy atom. The molecule has 0 radical (unpaired) electrons. The number of thiazole rings is 1. The second-order valence-corrected chi connectivity index (χ2v) is 6.16. The molecule has 0 bridgehead atoms. The van der Waals surface area contributed by atoms with E-state index in [-0.39, 0.29) is 5.91 Å². The van der Waals surface area contributed by atoms with Crippen molar-refractivity contribution in [2.24, 2.45) is 0 Å². The second-order valence-electron chi connectivity index (χ2n) is 5.44. The average molecular weight is 282 g/mol. The van der Waals surface area contributed by atoms with Crippen molar-refractivity contribution >= 4 is 17.2 Å². The Morgan fingerprint density at radius 3 is 2.79 bits per heavy atom. The summed E-state index contributed by atoms with van der Waals surface area (Å²) < 4.78 is 0. The predicted molar refractivity (Wildman–Crippen MR) is 77.1 cm³/mol. The molecule has 1 amide bonds. The number of rotatable bonds is 4. The quantitative estimate of drug-likeness (QED) is 0.887. The Bertz CT molecular complexity index is 412. The van der Waals surface area contributed by atoms with Crippen molar-refractivity contribution in [3.63, 3.8) is 0 Å². The number of carbonyl (C=O) groups is 1. The number of nitrogens with zero attached hydrogens (tertiary/aromatic N) is 3. The average Bonchev–Trinajstić information content (AvgIpc) is 2.91. The minimum absolute atomic E-state index is 0.155. The van der Waals surface area contributed by atoms with Gasteiger partial charge in [-0.25, -0.2) is 4.98 Å². The molecule has 1 fully saturated rings. The number of likely N-dealkylation sites (N-methyl/N-ethyl adjacent to an activating group) is 1. The topological polar surface area (TPSA) is 48.5 Å². The molecule has 1 aromatic rings. The molecular formula is C13H22N4OS. The van der Waals surface area contributed by atoms with E-state index in [1.165, 1.54) is 0 Å². The van der Waals surface area contributed by atoms with Gasteiger partial charge < -0.3 is 10.2 Å². The van der Waals surface area contributed by atoms with Crippen LogP contribution in [0.15, 0.2) is 10.9 Å². The van der Waals surface area contributed by atoms with Crippen molar-refractivity contribution in [2.75, 3.05) is 33.2 Å². The molecule has 5 nitrogen and oxygen atoms in total. The van der Waals surface area contributed by atoms with Crippen molar-refractivity contribution in [3.05, 3.63) is 16.6 Å². The van der Waals surface area contributed by atoms with E-state index in [0.29, 0.717) is 6.54 Å². The molecule has 19 heavy (non-hydrogen) atoms. The minimum atomic E-state index is -0.452. The molecule has 1 saturated heterocycles. The first-order valence-electron chi connectivity index (χ1n) is 6.60. The fraction of sp³-hybridized carbons (Fsp3) is 0.692. The Hall–Kier alpha value is -0.980. The summed E-state index contributed by atoms with van der Waals surface area (Å²) in [5, 5.41) is 5.30. The standard InChI is InChI=1S/C13H22N4OS/c1-13(2,17-6-4-14-5-7-17)12(18)16(3)8-11-9-19-10-15-11/h9-10,14H,4-8H2,1-3H3. The largest absolute Gasteiger partial charge is 0.338 e. The summed E-state index contributed by atoms with van der Waals surface area (Å²) in [5.74, 6) is 0.155. The van der Waals surface area contributed by atoms with Gasteiger partial charge in [0, 0.05) is 38.6 Å². The van der Waals surface area contributed by atoms with Crippen LogP contribution in [0.2, 0.25) is 0 Å². The third kappa shape index (κ3) is 3.32. The lowest BCUT2D eigenvalue weighted by Crippen LogP contribution is -2.60. The highest BCUT2D eigenvalue weighted by Crippen LogP contribution is 2.19. The summed E-state index contributed by atoms with van der Waals surface area (Å²) in [7, 11) is 1.85.